The first-order valence-electron chi connectivity index (χ1n) is 5.93. The molecule has 2 aromatic rings. The minimum absolute atomic E-state index is 0.0867. The van der Waals surface area contributed by atoms with Crippen LogP contribution in [0.3, 0.4) is 0 Å². The summed E-state index contributed by atoms with van der Waals surface area (Å²) >= 11 is 5.75. The van der Waals surface area contributed by atoms with Crippen LogP contribution in [-0.2, 0) is 23.6 Å². The third kappa shape index (κ3) is 3.63. The second-order valence-corrected chi connectivity index (χ2v) is 6.63. The van der Waals surface area contributed by atoms with Crippen LogP contribution in [0.2, 0.25) is 5.02 Å². The maximum absolute atomic E-state index is 12.1. The molecule has 21 heavy (non-hydrogen) atoms. The molecule has 2 N–H and O–H groups in total. The Kier molecular flexibility index (Phi) is 4.36. The van der Waals surface area contributed by atoms with Crippen molar-refractivity contribution in [3.63, 3.8) is 0 Å². The number of rotatable bonds is 5. The first-order chi connectivity index (χ1) is 9.79. The van der Waals surface area contributed by atoms with Crippen LogP contribution in [0.15, 0.2) is 41.4 Å². The monoisotopic (exact) mass is 328 g/mol. The number of halogens is 1. The van der Waals surface area contributed by atoms with Crippen LogP contribution < -0.4 is 4.72 Å². The van der Waals surface area contributed by atoms with Gasteiger partial charge in [0, 0.05) is 24.8 Å². The van der Waals surface area contributed by atoms with Gasteiger partial charge in [-0.15, -0.1) is 0 Å². The number of nitrogens with zero attached hydrogens (tertiary/aromatic N) is 1. The molecule has 0 amide bonds. The molecule has 0 aliphatic carbocycles. The van der Waals surface area contributed by atoms with Gasteiger partial charge in [0.2, 0.25) is 10.0 Å². The lowest BCUT2D eigenvalue weighted by atomic mass is 10.2. The fourth-order valence-corrected chi connectivity index (χ4v) is 2.97. The Morgan fingerprint density at radius 2 is 1.95 bits per heavy atom. The summed E-state index contributed by atoms with van der Waals surface area (Å²) < 4.78 is 27.9. The number of hydrogen-bond acceptors (Lipinski definition) is 3. The molecule has 8 heteroatoms. The molecule has 0 saturated heterocycles. The van der Waals surface area contributed by atoms with Crippen molar-refractivity contribution in [3.05, 3.63) is 52.8 Å². The van der Waals surface area contributed by atoms with Crippen molar-refractivity contribution >= 4 is 27.6 Å². The molecule has 0 radical (unpaired) electrons. The minimum Gasteiger partial charge on any atom is -0.477 e. The number of sulfonamides is 1. The van der Waals surface area contributed by atoms with Gasteiger partial charge in [-0.2, -0.15) is 0 Å². The molecule has 0 aliphatic rings. The topological polar surface area (TPSA) is 88.4 Å². The zero-order valence-corrected chi connectivity index (χ0v) is 12.6. The first-order valence-corrected chi connectivity index (χ1v) is 7.79. The van der Waals surface area contributed by atoms with Crippen molar-refractivity contribution in [2.24, 2.45) is 7.05 Å². The second kappa shape index (κ2) is 5.88. The molecule has 0 spiro atoms. The molecule has 0 saturated carbocycles. The Hall–Kier alpha value is -1.83. The number of aryl methyl sites for hydroxylation is 1. The molecule has 0 bridgehead atoms. The van der Waals surface area contributed by atoms with Crippen LogP contribution in [-0.4, -0.2) is 24.1 Å². The maximum atomic E-state index is 12.1. The standard InChI is InChI=1S/C13H13ClN2O4S/c1-16-8-11(6-12(16)13(17)18)21(19,20)15-7-9-2-4-10(14)5-3-9/h2-6,8,15H,7H2,1H3,(H,17,18). The van der Waals surface area contributed by atoms with Gasteiger partial charge in [-0.3, -0.25) is 0 Å². The average Bonchev–Trinajstić information content (AvgIpc) is 2.81. The highest BCUT2D eigenvalue weighted by Crippen LogP contribution is 2.15. The molecule has 0 fully saturated rings. The van der Waals surface area contributed by atoms with Gasteiger partial charge in [0.15, 0.2) is 0 Å². The van der Waals surface area contributed by atoms with Gasteiger partial charge in [0.1, 0.15) is 10.6 Å². The second-order valence-electron chi connectivity index (χ2n) is 4.43. The molecule has 6 nitrogen and oxygen atoms in total. The van der Waals surface area contributed by atoms with E-state index >= 15 is 0 Å². The van der Waals surface area contributed by atoms with Crippen LogP contribution in [0.5, 0.6) is 0 Å². The van der Waals surface area contributed by atoms with E-state index in [1.807, 2.05) is 0 Å². The van der Waals surface area contributed by atoms with Crippen molar-refractivity contribution in [2.45, 2.75) is 11.4 Å². The van der Waals surface area contributed by atoms with E-state index in [9.17, 15) is 13.2 Å². The summed E-state index contributed by atoms with van der Waals surface area (Å²) in [5, 5.41) is 9.50. The fraction of sp³-hybridized carbons (Fsp3) is 0.154. The van der Waals surface area contributed by atoms with Crippen LogP contribution in [0, 0.1) is 0 Å². The summed E-state index contributed by atoms with van der Waals surface area (Å²) in [6.07, 6.45) is 1.26. The Morgan fingerprint density at radius 3 is 2.48 bits per heavy atom. The number of hydrogen-bond donors (Lipinski definition) is 2. The van der Waals surface area contributed by atoms with E-state index in [0.717, 1.165) is 11.6 Å². The summed E-state index contributed by atoms with van der Waals surface area (Å²) in [4.78, 5) is 10.8. The van der Waals surface area contributed by atoms with E-state index in [0.29, 0.717) is 5.02 Å². The number of benzene rings is 1. The highest BCUT2D eigenvalue weighted by molar-refractivity contribution is 7.89. The quantitative estimate of drug-likeness (QED) is 0.876. The van der Waals surface area contributed by atoms with Gasteiger partial charge in [-0.25, -0.2) is 17.9 Å². The van der Waals surface area contributed by atoms with Gasteiger partial charge in [0.05, 0.1) is 0 Å². The summed E-state index contributed by atoms with van der Waals surface area (Å²) in [7, 11) is -2.30. The summed E-state index contributed by atoms with van der Waals surface area (Å²) in [6.45, 7) is 0.0940. The van der Waals surface area contributed by atoms with Crippen molar-refractivity contribution in [1.82, 2.24) is 9.29 Å². The number of carboxylic acid groups (broad SMARTS) is 1. The number of nitrogens with one attached hydrogen (secondary N) is 1. The average molecular weight is 329 g/mol. The Morgan fingerprint density at radius 1 is 1.33 bits per heavy atom. The van der Waals surface area contributed by atoms with Crippen LogP contribution >= 0.6 is 11.6 Å². The van der Waals surface area contributed by atoms with Gasteiger partial charge in [-0.05, 0) is 23.8 Å². The normalized spacial score (nSPS) is 11.5. The lowest BCUT2D eigenvalue weighted by Crippen LogP contribution is -2.22. The first kappa shape index (κ1) is 15.6. The van der Waals surface area contributed by atoms with Crippen LogP contribution in [0.25, 0.3) is 0 Å². The molecule has 2 rings (SSSR count). The van der Waals surface area contributed by atoms with Crippen molar-refractivity contribution in [2.75, 3.05) is 0 Å². The van der Waals surface area contributed by atoms with Gasteiger partial charge >= 0.3 is 5.97 Å². The van der Waals surface area contributed by atoms with E-state index in [2.05, 4.69) is 4.72 Å². The number of carbonyl (C=O) groups is 1. The molecular weight excluding hydrogens is 316 g/mol. The van der Waals surface area contributed by atoms with E-state index in [1.165, 1.54) is 17.8 Å². The third-order valence-electron chi connectivity index (χ3n) is 2.89. The highest BCUT2D eigenvalue weighted by Gasteiger charge is 2.19. The SMILES string of the molecule is Cn1cc(S(=O)(=O)NCc2ccc(Cl)cc2)cc1C(=O)O. The fourth-order valence-electron chi connectivity index (χ4n) is 1.76. The van der Waals surface area contributed by atoms with E-state index in [-0.39, 0.29) is 17.1 Å². The van der Waals surface area contributed by atoms with Crippen LogP contribution in [0.1, 0.15) is 16.1 Å². The van der Waals surface area contributed by atoms with Crippen molar-refractivity contribution in [1.29, 1.82) is 0 Å². The summed E-state index contributed by atoms with van der Waals surface area (Å²) in [6, 6.07) is 7.86. The minimum atomic E-state index is -3.77. The summed E-state index contributed by atoms with van der Waals surface area (Å²) in [5.74, 6) is -1.18. The molecular formula is C13H13ClN2O4S. The van der Waals surface area contributed by atoms with Crippen LogP contribution in [0.4, 0.5) is 0 Å². The van der Waals surface area contributed by atoms with Crippen molar-refractivity contribution < 1.29 is 18.3 Å². The zero-order valence-electron chi connectivity index (χ0n) is 11.1. The lowest BCUT2D eigenvalue weighted by molar-refractivity contribution is 0.0686. The van der Waals surface area contributed by atoms with E-state index in [4.69, 9.17) is 16.7 Å². The molecule has 1 heterocycles. The Labute approximate surface area is 127 Å². The third-order valence-corrected chi connectivity index (χ3v) is 4.51. The Bertz CT molecular complexity index is 766. The highest BCUT2D eigenvalue weighted by atomic mass is 35.5. The van der Waals surface area contributed by atoms with E-state index < -0.39 is 16.0 Å². The predicted molar refractivity (Wildman–Crippen MR) is 77.8 cm³/mol. The number of aromatic nitrogens is 1. The molecule has 0 atom stereocenters. The maximum Gasteiger partial charge on any atom is 0.352 e. The molecule has 112 valence electrons. The smallest absolute Gasteiger partial charge is 0.352 e. The predicted octanol–water partition coefficient (Wildman–Crippen LogP) is 1.86. The van der Waals surface area contributed by atoms with Crippen molar-refractivity contribution in [3.8, 4) is 0 Å². The molecule has 1 aromatic carbocycles. The van der Waals surface area contributed by atoms with Gasteiger partial charge in [-0.1, -0.05) is 23.7 Å². The number of carboxylic acids is 1. The van der Waals surface area contributed by atoms with E-state index in [1.54, 1.807) is 24.3 Å². The van der Waals surface area contributed by atoms with Gasteiger partial charge < -0.3 is 9.67 Å². The Balaban J connectivity index is 2.17. The lowest BCUT2D eigenvalue weighted by Gasteiger charge is -2.05. The summed E-state index contributed by atoms with van der Waals surface area (Å²) in [5.41, 5.74) is 0.652. The number of aromatic carboxylic acids is 1. The zero-order chi connectivity index (χ0) is 15.6. The largest absolute Gasteiger partial charge is 0.477 e. The van der Waals surface area contributed by atoms with Gasteiger partial charge in [0.25, 0.3) is 0 Å². The molecule has 0 unspecified atom stereocenters. The molecule has 1 aromatic heterocycles. The molecule has 0 aliphatic heterocycles.